The smallest absolute Gasteiger partial charge is 0.320 e. The van der Waals surface area contributed by atoms with Crippen LogP contribution in [0.5, 0.6) is 5.75 Å². The van der Waals surface area contributed by atoms with E-state index in [1.165, 1.54) is 18.9 Å². The summed E-state index contributed by atoms with van der Waals surface area (Å²) in [6.07, 6.45) is 8.63. The van der Waals surface area contributed by atoms with Crippen LogP contribution in [-0.2, 0) is 0 Å². The van der Waals surface area contributed by atoms with Crippen molar-refractivity contribution in [3.63, 3.8) is 0 Å². The van der Waals surface area contributed by atoms with Crippen molar-refractivity contribution in [3.05, 3.63) is 41.7 Å². The first kappa shape index (κ1) is 18.9. The van der Waals surface area contributed by atoms with E-state index >= 15 is 0 Å². The molecule has 7 rings (SSSR count). The molecular formula is C24H28FN5O2. The molecule has 0 atom stereocenters. The van der Waals surface area contributed by atoms with Crippen LogP contribution in [0, 0.1) is 11.2 Å². The molecule has 3 saturated carbocycles. The average Bonchev–Trinajstić information content (AvgIpc) is 3.62. The Morgan fingerprint density at radius 1 is 1.06 bits per heavy atom. The van der Waals surface area contributed by atoms with Gasteiger partial charge in [0.15, 0.2) is 5.82 Å². The van der Waals surface area contributed by atoms with E-state index in [1.54, 1.807) is 6.07 Å². The molecule has 3 aliphatic carbocycles. The van der Waals surface area contributed by atoms with Crippen molar-refractivity contribution in [3.8, 4) is 5.75 Å². The Bertz CT molecular complexity index is 1060. The summed E-state index contributed by atoms with van der Waals surface area (Å²) >= 11 is 0. The summed E-state index contributed by atoms with van der Waals surface area (Å²) in [5.74, 6) is 2.53. The van der Waals surface area contributed by atoms with Gasteiger partial charge in [-0.05, 0) is 68.2 Å². The van der Waals surface area contributed by atoms with Gasteiger partial charge in [0.25, 0.3) is 0 Å². The normalized spacial score (nSPS) is 24.8. The van der Waals surface area contributed by atoms with Crippen LogP contribution in [-0.4, -0.2) is 62.9 Å². The minimum Gasteiger partial charge on any atom is -0.487 e. The van der Waals surface area contributed by atoms with Crippen molar-refractivity contribution in [1.29, 1.82) is 0 Å². The number of urea groups is 1. The van der Waals surface area contributed by atoms with Crippen LogP contribution >= 0.6 is 0 Å². The number of amides is 2. The van der Waals surface area contributed by atoms with Gasteiger partial charge in [0, 0.05) is 24.4 Å². The van der Waals surface area contributed by atoms with Crippen molar-refractivity contribution in [2.24, 2.45) is 5.41 Å². The predicted octanol–water partition coefficient (Wildman–Crippen LogP) is 3.69. The maximum absolute atomic E-state index is 13.9. The van der Waals surface area contributed by atoms with Gasteiger partial charge in [-0.2, -0.15) is 5.10 Å². The first-order valence-corrected chi connectivity index (χ1v) is 12.0. The van der Waals surface area contributed by atoms with Crippen molar-refractivity contribution in [2.75, 3.05) is 26.2 Å². The van der Waals surface area contributed by atoms with Crippen LogP contribution in [0.25, 0.3) is 0 Å². The summed E-state index contributed by atoms with van der Waals surface area (Å²) < 4.78 is 22.0. The number of carbonyl (C=O) groups is 1. The Morgan fingerprint density at radius 3 is 2.53 bits per heavy atom. The van der Waals surface area contributed by atoms with Gasteiger partial charge in [-0.1, -0.05) is 0 Å². The number of benzene rings is 1. The maximum atomic E-state index is 13.9. The summed E-state index contributed by atoms with van der Waals surface area (Å²) in [7, 11) is 0. The van der Waals surface area contributed by atoms with Gasteiger partial charge in [0.05, 0.1) is 19.1 Å². The molecule has 1 aromatic heterocycles. The molecule has 2 saturated heterocycles. The third kappa shape index (κ3) is 3.18. The molecule has 0 N–H and O–H groups in total. The van der Waals surface area contributed by atoms with Crippen LogP contribution in [0.4, 0.5) is 9.18 Å². The van der Waals surface area contributed by atoms with Gasteiger partial charge in [-0.15, -0.1) is 0 Å². The zero-order valence-corrected chi connectivity index (χ0v) is 18.1. The second-order valence-corrected chi connectivity index (χ2v) is 10.7. The minimum atomic E-state index is -0.137. The topological polar surface area (TPSA) is 63.5 Å². The minimum absolute atomic E-state index is 0.00670. The fraction of sp³-hybridized carbons (Fsp3) is 0.625. The molecule has 5 aliphatic rings. The summed E-state index contributed by atoms with van der Waals surface area (Å²) in [4.78, 5) is 21.1. The van der Waals surface area contributed by atoms with E-state index < -0.39 is 0 Å². The lowest BCUT2D eigenvalue weighted by Crippen LogP contribution is -2.69. The highest BCUT2D eigenvalue weighted by atomic mass is 19.1. The molecule has 0 unspecified atom stereocenters. The first-order valence-electron chi connectivity index (χ1n) is 12.0. The molecule has 168 valence electrons. The largest absolute Gasteiger partial charge is 0.487 e. The highest BCUT2D eigenvalue weighted by Crippen LogP contribution is 2.54. The van der Waals surface area contributed by atoms with Gasteiger partial charge >= 0.3 is 6.03 Å². The number of aromatic nitrogens is 3. The van der Waals surface area contributed by atoms with Crippen LogP contribution in [0.1, 0.15) is 67.8 Å². The Kier molecular flexibility index (Phi) is 3.94. The number of hydrogen-bond donors (Lipinski definition) is 0. The maximum Gasteiger partial charge on any atom is 0.320 e. The molecule has 0 bridgehead atoms. The number of carbonyl (C=O) groups excluding carboxylic acids is 1. The summed E-state index contributed by atoms with van der Waals surface area (Å²) in [5.41, 5.74) is 1.05. The van der Waals surface area contributed by atoms with Gasteiger partial charge in [0.1, 0.15) is 24.0 Å². The standard InChI is InChI=1S/C24H28FN5O2/c25-21-6-5-18(7-20(21)15-1-2-15)32-19-10-28(11-19)23(31)29-12-24(13-29)8-17(9-24)30-14-26-22(27-30)16-3-4-16/h5-7,14-17,19H,1-4,8-13H2. The fourth-order valence-electron chi connectivity index (χ4n) is 5.64. The third-order valence-corrected chi connectivity index (χ3v) is 7.91. The van der Waals surface area contributed by atoms with Crippen LogP contribution in [0.15, 0.2) is 24.5 Å². The third-order valence-electron chi connectivity index (χ3n) is 7.91. The summed E-state index contributed by atoms with van der Waals surface area (Å²) in [5, 5.41) is 4.67. The van der Waals surface area contributed by atoms with E-state index in [-0.39, 0.29) is 23.4 Å². The van der Waals surface area contributed by atoms with Crippen LogP contribution in [0.2, 0.25) is 0 Å². The second-order valence-electron chi connectivity index (χ2n) is 10.7. The van der Waals surface area contributed by atoms with Gasteiger partial charge in [-0.3, -0.25) is 0 Å². The highest BCUT2D eigenvalue weighted by molar-refractivity contribution is 5.76. The predicted molar refractivity (Wildman–Crippen MR) is 114 cm³/mol. The van der Waals surface area contributed by atoms with E-state index in [9.17, 15) is 9.18 Å². The zero-order valence-electron chi connectivity index (χ0n) is 18.1. The Morgan fingerprint density at radius 2 is 1.81 bits per heavy atom. The second kappa shape index (κ2) is 6.68. The number of likely N-dealkylation sites (tertiary alicyclic amines) is 2. The van der Waals surface area contributed by atoms with E-state index in [2.05, 4.69) is 10.1 Å². The number of hydrogen-bond acceptors (Lipinski definition) is 4. The first-order chi connectivity index (χ1) is 15.6. The molecule has 2 aliphatic heterocycles. The SMILES string of the molecule is O=C(N1CC(Oc2ccc(F)c(C3CC3)c2)C1)N1CC2(CC(n3cnc(C4CC4)n3)C2)C1. The number of halogens is 1. The summed E-state index contributed by atoms with van der Waals surface area (Å²) in [6, 6.07) is 5.59. The van der Waals surface area contributed by atoms with Crippen molar-refractivity contribution >= 4 is 6.03 Å². The quantitative estimate of drug-likeness (QED) is 0.716. The molecule has 1 aromatic carbocycles. The van der Waals surface area contributed by atoms with Gasteiger partial charge in [0.2, 0.25) is 0 Å². The number of nitrogens with zero attached hydrogens (tertiary/aromatic N) is 5. The highest BCUT2D eigenvalue weighted by Gasteiger charge is 2.55. The van der Waals surface area contributed by atoms with E-state index in [4.69, 9.17) is 4.74 Å². The van der Waals surface area contributed by atoms with Gasteiger partial charge in [-0.25, -0.2) is 18.9 Å². The Balaban J connectivity index is 0.876. The Hall–Kier alpha value is -2.64. The molecule has 7 nitrogen and oxygen atoms in total. The van der Waals surface area contributed by atoms with Crippen LogP contribution in [0.3, 0.4) is 0 Å². The van der Waals surface area contributed by atoms with E-state index in [0.717, 1.165) is 50.2 Å². The summed E-state index contributed by atoms with van der Waals surface area (Å²) in [6.45, 7) is 2.89. The molecule has 2 aromatic rings. The number of rotatable bonds is 5. The van der Waals surface area contributed by atoms with E-state index in [0.29, 0.717) is 36.7 Å². The molecule has 32 heavy (non-hydrogen) atoms. The van der Waals surface area contributed by atoms with Crippen LogP contribution < -0.4 is 4.74 Å². The zero-order chi connectivity index (χ0) is 21.4. The molecule has 1 spiro atoms. The monoisotopic (exact) mass is 437 g/mol. The Labute approximate surface area is 186 Å². The van der Waals surface area contributed by atoms with Gasteiger partial charge < -0.3 is 14.5 Å². The lowest BCUT2D eigenvalue weighted by molar-refractivity contribution is -0.0816. The fourth-order valence-corrected chi connectivity index (χ4v) is 5.64. The average molecular weight is 438 g/mol. The molecule has 0 radical (unpaired) electrons. The molecular weight excluding hydrogens is 409 g/mol. The molecule has 5 fully saturated rings. The van der Waals surface area contributed by atoms with Crippen molar-refractivity contribution < 1.29 is 13.9 Å². The lowest BCUT2D eigenvalue weighted by atomic mass is 9.61. The number of ether oxygens (including phenoxy) is 1. The van der Waals surface area contributed by atoms with Crippen molar-refractivity contribution in [1.82, 2.24) is 24.6 Å². The lowest BCUT2D eigenvalue weighted by Gasteiger charge is -2.59. The molecule has 8 heteroatoms. The molecule has 2 amide bonds. The molecule has 3 heterocycles. The van der Waals surface area contributed by atoms with Crippen molar-refractivity contribution in [2.45, 2.75) is 62.5 Å². The van der Waals surface area contributed by atoms with E-state index in [1.807, 2.05) is 26.9 Å².